The Morgan fingerprint density at radius 1 is 1.07 bits per heavy atom. The average molecular weight is 414 g/mol. The van der Waals surface area contributed by atoms with Gasteiger partial charge in [-0.2, -0.15) is 0 Å². The molecule has 1 saturated heterocycles. The first-order chi connectivity index (χ1) is 13.8. The molecule has 1 aliphatic rings. The minimum atomic E-state index is -3.84. The maximum atomic E-state index is 12.7. The van der Waals surface area contributed by atoms with Crippen LogP contribution < -0.4 is 10.4 Å². The molecule has 2 heterocycles. The van der Waals surface area contributed by atoms with Gasteiger partial charge in [-0.1, -0.05) is 0 Å². The molecule has 3 aromatic rings. The van der Waals surface area contributed by atoms with Crippen molar-refractivity contribution in [3.8, 4) is 0 Å². The molecule has 0 saturated carbocycles. The third-order valence-corrected chi connectivity index (χ3v) is 6.62. The number of carbonyl (C=O) groups excluding carboxylic acids is 1. The van der Waals surface area contributed by atoms with E-state index in [1.165, 1.54) is 18.2 Å². The summed E-state index contributed by atoms with van der Waals surface area (Å²) in [5.41, 5.74) is 1.44. The number of likely N-dealkylation sites (tertiary alicyclic amines) is 1. The number of anilines is 1. The van der Waals surface area contributed by atoms with E-state index in [4.69, 9.17) is 0 Å². The van der Waals surface area contributed by atoms with Crippen molar-refractivity contribution < 1.29 is 13.2 Å². The lowest BCUT2D eigenvalue weighted by molar-refractivity contribution is 0.0635. The van der Waals surface area contributed by atoms with Crippen LogP contribution in [0.15, 0.2) is 52.2 Å². The van der Waals surface area contributed by atoms with E-state index < -0.39 is 15.7 Å². The number of aromatic nitrogens is 2. The van der Waals surface area contributed by atoms with Crippen LogP contribution in [0.2, 0.25) is 0 Å². The number of nitrogens with one attached hydrogen (secondary N) is 3. The Balaban J connectivity index is 1.52. The van der Waals surface area contributed by atoms with E-state index in [0.29, 0.717) is 22.3 Å². The number of carbonyl (C=O) groups is 1. The molecule has 1 unspecified atom stereocenters. The van der Waals surface area contributed by atoms with E-state index in [-0.39, 0.29) is 16.8 Å². The zero-order chi connectivity index (χ0) is 20.6. The largest absolute Gasteiger partial charge is 0.336 e. The van der Waals surface area contributed by atoms with Gasteiger partial charge in [0.2, 0.25) is 0 Å². The minimum absolute atomic E-state index is 0.0301. The normalized spacial score (nSPS) is 17.4. The molecule has 3 N–H and O–H groups in total. The summed E-state index contributed by atoms with van der Waals surface area (Å²) in [4.78, 5) is 31.1. The summed E-state index contributed by atoms with van der Waals surface area (Å²) in [5, 5.41) is 0. The molecule has 1 amide bonds. The third kappa shape index (κ3) is 3.91. The maximum absolute atomic E-state index is 12.7. The SMILES string of the molecule is CC1CCCCN1C(=O)c1ccc(NS(=O)(=O)c2ccc3[nH]c(=O)[nH]c3c2)cc1. The Morgan fingerprint density at radius 3 is 2.52 bits per heavy atom. The number of H-pyrrole nitrogens is 2. The molecule has 9 heteroatoms. The molecule has 2 aromatic carbocycles. The molecule has 1 fully saturated rings. The Labute approximate surface area is 168 Å². The lowest BCUT2D eigenvalue weighted by atomic mass is 10.0. The van der Waals surface area contributed by atoms with Crippen molar-refractivity contribution in [3.05, 3.63) is 58.5 Å². The molecule has 29 heavy (non-hydrogen) atoms. The van der Waals surface area contributed by atoms with Crippen LogP contribution in [0.4, 0.5) is 5.69 Å². The number of hydrogen-bond donors (Lipinski definition) is 3. The van der Waals surface area contributed by atoms with Crippen molar-refractivity contribution in [3.63, 3.8) is 0 Å². The van der Waals surface area contributed by atoms with Gasteiger partial charge in [0.1, 0.15) is 0 Å². The van der Waals surface area contributed by atoms with Gasteiger partial charge >= 0.3 is 5.69 Å². The van der Waals surface area contributed by atoms with Crippen LogP contribution in [0.1, 0.15) is 36.5 Å². The van der Waals surface area contributed by atoms with E-state index in [2.05, 4.69) is 14.7 Å². The first kappa shape index (κ1) is 19.3. The van der Waals surface area contributed by atoms with Crippen molar-refractivity contribution >= 4 is 32.7 Å². The molecule has 0 aliphatic carbocycles. The quantitative estimate of drug-likeness (QED) is 0.609. The Bertz CT molecular complexity index is 1210. The zero-order valence-electron chi connectivity index (χ0n) is 15.9. The van der Waals surface area contributed by atoms with Crippen molar-refractivity contribution in [1.82, 2.24) is 14.9 Å². The molecular formula is C20H22N4O4S. The molecule has 1 atom stereocenters. The van der Waals surface area contributed by atoms with Gasteiger partial charge in [-0.15, -0.1) is 0 Å². The van der Waals surface area contributed by atoms with Crippen LogP contribution in [-0.2, 0) is 10.0 Å². The monoisotopic (exact) mass is 414 g/mol. The van der Waals surface area contributed by atoms with Gasteiger partial charge < -0.3 is 14.9 Å². The number of aromatic amines is 2. The highest BCUT2D eigenvalue weighted by atomic mass is 32.2. The first-order valence-electron chi connectivity index (χ1n) is 9.49. The van der Waals surface area contributed by atoms with Crippen LogP contribution in [0, 0.1) is 0 Å². The van der Waals surface area contributed by atoms with E-state index in [1.807, 2.05) is 11.8 Å². The van der Waals surface area contributed by atoms with Gasteiger partial charge in [-0.25, -0.2) is 13.2 Å². The van der Waals surface area contributed by atoms with Crippen LogP contribution >= 0.6 is 0 Å². The molecule has 152 valence electrons. The highest BCUT2D eigenvalue weighted by Gasteiger charge is 2.24. The fourth-order valence-corrected chi connectivity index (χ4v) is 4.72. The molecule has 0 radical (unpaired) electrons. The van der Waals surface area contributed by atoms with Crippen LogP contribution in [0.3, 0.4) is 0 Å². The van der Waals surface area contributed by atoms with Gasteiger partial charge in [-0.05, 0) is 68.7 Å². The standard InChI is InChI=1S/C20H22N4O4S/c1-13-4-2-3-11-24(13)19(25)14-5-7-15(8-6-14)23-29(27,28)16-9-10-17-18(12-16)22-20(26)21-17/h5-10,12-13,23H,2-4,11H2,1H3,(H2,21,22,26). The van der Waals surface area contributed by atoms with Crippen molar-refractivity contribution in [2.75, 3.05) is 11.3 Å². The summed E-state index contributed by atoms with van der Waals surface area (Å²) in [6.45, 7) is 2.80. The second-order valence-corrected chi connectivity index (χ2v) is 9.00. The fourth-order valence-electron chi connectivity index (χ4n) is 3.64. The first-order valence-corrected chi connectivity index (χ1v) is 11.0. The van der Waals surface area contributed by atoms with E-state index >= 15 is 0 Å². The summed E-state index contributed by atoms with van der Waals surface area (Å²) in [6.07, 6.45) is 3.14. The molecule has 8 nitrogen and oxygen atoms in total. The van der Waals surface area contributed by atoms with Crippen LogP contribution in [0.25, 0.3) is 11.0 Å². The predicted octanol–water partition coefficient (Wildman–Crippen LogP) is 2.67. The summed E-state index contributed by atoms with van der Waals surface area (Å²) < 4.78 is 27.9. The Hall–Kier alpha value is -3.07. The number of hydrogen-bond acceptors (Lipinski definition) is 4. The Morgan fingerprint density at radius 2 is 1.79 bits per heavy atom. The van der Waals surface area contributed by atoms with Gasteiger partial charge in [0.15, 0.2) is 0 Å². The Kier molecular flexibility index (Phi) is 4.91. The third-order valence-electron chi connectivity index (χ3n) is 5.25. The molecular weight excluding hydrogens is 392 g/mol. The topological polar surface area (TPSA) is 115 Å². The number of amides is 1. The van der Waals surface area contributed by atoms with Gasteiger partial charge in [-0.3, -0.25) is 9.52 Å². The second kappa shape index (κ2) is 7.40. The van der Waals surface area contributed by atoms with E-state index in [1.54, 1.807) is 24.3 Å². The number of benzene rings is 2. The average Bonchev–Trinajstić information content (AvgIpc) is 3.07. The molecule has 0 spiro atoms. The number of sulfonamides is 1. The highest BCUT2D eigenvalue weighted by Crippen LogP contribution is 2.22. The molecule has 4 rings (SSSR count). The van der Waals surface area contributed by atoms with Crippen LogP contribution in [0.5, 0.6) is 0 Å². The number of nitrogens with zero attached hydrogens (tertiary/aromatic N) is 1. The minimum Gasteiger partial charge on any atom is -0.336 e. The fraction of sp³-hybridized carbons (Fsp3) is 0.300. The van der Waals surface area contributed by atoms with Crippen LogP contribution in [-0.4, -0.2) is 41.8 Å². The lowest BCUT2D eigenvalue weighted by Crippen LogP contribution is -2.42. The molecule has 1 aromatic heterocycles. The number of piperidine rings is 1. The van der Waals surface area contributed by atoms with Gasteiger partial charge in [0.25, 0.3) is 15.9 Å². The van der Waals surface area contributed by atoms with Crippen molar-refractivity contribution in [2.45, 2.75) is 37.1 Å². The molecule has 0 bridgehead atoms. The van der Waals surface area contributed by atoms with E-state index in [0.717, 1.165) is 25.8 Å². The summed E-state index contributed by atoms with van der Waals surface area (Å²) in [7, 11) is -3.84. The summed E-state index contributed by atoms with van der Waals surface area (Å²) in [5.74, 6) is -0.0338. The summed E-state index contributed by atoms with van der Waals surface area (Å²) >= 11 is 0. The number of rotatable bonds is 4. The number of imidazole rings is 1. The van der Waals surface area contributed by atoms with Crippen molar-refractivity contribution in [1.29, 1.82) is 0 Å². The summed E-state index contributed by atoms with van der Waals surface area (Å²) in [6, 6.07) is 11.0. The number of fused-ring (bicyclic) bond motifs is 1. The molecule has 1 aliphatic heterocycles. The highest BCUT2D eigenvalue weighted by molar-refractivity contribution is 7.92. The van der Waals surface area contributed by atoms with Gasteiger partial charge in [0.05, 0.1) is 15.9 Å². The maximum Gasteiger partial charge on any atom is 0.323 e. The predicted molar refractivity (Wildman–Crippen MR) is 111 cm³/mol. The van der Waals surface area contributed by atoms with Gasteiger partial charge in [0, 0.05) is 23.8 Å². The second-order valence-electron chi connectivity index (χ2n) is 7.31. The lowest BCUT2D eigenvalue weighted by Gasteiger charge is -2.33. The van der Waals surface area contributed by atoms with Crippen molar-refractivity contribution in [2.24, 2.45) is 0 Å². The zero-order valence-corrected chi connectivity index (χ0v) is 16.8. The smallest absolute Gasteiger partial charge is 0.323 e. The van der Waals surface area contributed by atoms with E-state index in [9.17, 15) is 18.0 Å².